The van der Waals surface area contributed by atoms with Crippen molar-refractivity contribution in [1.82, 2.24) is 9.88 Å². The van der Waals surface area contributed by atoms with Crippen molar-refractivity contribution >= 4 is 27.5 Å². The second kappa shape index (κ2) is 9.92. The number of aromatic carboxylic acids is 1. The van der Waals surface area contributed by atoms with Gasteiger partial charge >= 0.3 is 5.97 Å². The number of piperidine rings is 2. The average Bonchev–Trinajstić information content (AvgIpc) is 2.81. The molecule has 0 atom stereocenters. The van der Waals surface area contributed by atoms with Crippen LogP contribution in [0.15, 0.2) is 29.3 Å². The minimum atomic E-state index is -3.89. The third kappa shape index (κ3) is 5.20. The van der Waals surface area contributed by atoms with E-state index >= 15 is 0 Å². The van der Waals surface area contributed by atoms with Crippen LogP contribution in [0.1, 0.15) is 59.2 Å². The first kappa shape index (κ1) is 24.5. The lowest BCUT2D eigenvalue weighted by Gasteiger charge is -2.40. The predicted molar refractivity (Wildman–Crippen MR) is 133 cm³/mol. The number of carboxylic acids is 1. The van der Waals surface area contributed by atoms with Gasteiger partial charge in [-0.1, -0.05) is 12.5 Å². The molecule has 9 heteroatoms. The van der Waals surface area contributed by atoms with Crippen LogP contribution in [0.3, 0.4) is 0 Å². The molecule has 1 aromatic heterocycles. The molecular formula is C25H34N4O4S. The minimum absolute atomic E-state index is 0.00781. The molecule has 4 rings (SSSR count). The summed E-state index contributed by atoms with van der Waals surface area (Å²) in [5.41, 5.74) is 2.67. The number of hydrogen-bond donors (Lipinski definition) is 2. The molecule has 2 N–H and O–H groups in total. The Labute approximate surface area is 202 Å². The second-order valence-corrected chi connectivity index (χ2v) is 11.2. The summed E-state index contributed by atoms with van der Waals surface area (Å²) < 4.78 is 28.6. The van der Waals surface area contributed by atoms with Crippen molar-refractivity contribution in [2.45, 2.75) is 63.8 Å². The predicted octanol–water partition coefficient (Wildman–Crippen LogP) is 3.96. The molecule has 8 nitrogen and oxygen atoms in total. The number of carbonyl (C=O) groups is 1. The number of rotatable bonds is 6. The molecule has 0 saturated carbocycles. The highest BCUT2D eigenvalue weighted by Gasteiger charge is 2.28. The lowest BCUT2D eigenvalue weighted by Crippen LogP contribution is -2.47. The largest absolute Gasteiger partial charge is 0.478 e. The van der Waals surface area contributed by atoms with Gasteiger partial charge in [-0.05, 0) is 88.4 Å². The van der Waals surface area contributed by atoms with Gasteiger partial charge in [-0.25, -0.2) is 18.2 Å². The number of aryl methyl sites for hydroxylation is 3. The van der Waals surface area contributed by atoms with Crippen molar-refractivity contribution < 1.29 is 18.3 Å². The summed E-state index contributed by atoms with van der Waals surface area (Å²) in [6, 6.07) is 5.38. The monoisotopic (exact) mass is 486 g/mol. The van der Waals surface area contributed by atoms with Crippen LogP contribution in [0, 0.1) is 20.8 Å². The summed E-state index contributed by atoms with van der Waals surface area (Å²) in [5, 5.41) is 9.85. The molecule has 2 fully saturated rings. The molecule has 1 aromatic carbocycles. The van der Waals surface area contributed by atoms with Crippen LogP contribution in [0.4, 0.5) is 11.5 Å². The van der Waals surface area contributed by atoms with Gasteiger partial charge in [-0.3, -0.25) is 4.72 Å². The number of aromatic nitrogens is 1. The number of likely N-dealkylation sites (tertiary alicyclic amines) is 1. The van der Waals surface area contributed by atoms with Crippen LogP contribution in [0.25, 0.3) is 0 Å². The summed E-state index contributed by atoms with van der Waals surface area (Å²) >= 11 is 0. The highest BCUT2D eigenvalue weighted by Crippen LogP contribution is 2.29. The smallest absolute Gasteiger partial charge is 0.339 e. The van der Waals surface area contributed by atoms with Crippen molar-refractivity contribution in [1.29, 1.82) is 0 Å². The standard InChI is InChI=1S/C25H34N4O4S/c1-17-13-19(3)23(14-18(17)2)34(32,33)27-20-15-22(25(30)31)24(26-16-20)29-11-7-21(8-12-29)28-9-5-4-6-10-28/h13-16,21,27H,4-12H2,1-3H3,(H,30,31). The van der Waals surface area contributed by atoms with Crippen LogP contribution >= 0.6 is 0 Å². The maximum atomic E-state index is 13.0. The molecule has 0 unspecified atom stereocenters. The zero-order chi connectivity index (χ0) is 24.5. The number of hydrogen-bond acceptors (Lipinski definition) is 6. The van der Waals surface area contributed by atoms with Crippen molar-refractivity contribution in [2.75, 3.05) is 35.8 Å². The Morgan fingerprint density at radius 1 is 0.971 bits per heavy atom. The van der Waals surface area contributed by atoms with Crippen LogP contribution in [0.2, 0.25) is 0 Å². The lowest BCUT2D eigenvalue weighted by atomic mass is 9.99. The van der Waals surface area contributed by atoms with E-state index in [1.165, 1.54) is 31.5 Å². The molecule has 2 saturated heterocycles. The van der Waals surface area contributed by atoms with Crippen LogP contribution in [0.5, 0.6) is 0 Å². The summed E-state index contributed by atoms with van der Waals surface area (Å²) in [6.07, 6.45) is 7.17. The van der Waals surface area contributed by atoms with Crippen molar-refractivity contribution in [3.63, 3.8) is 0 Å². The van der Waals surface area contributed by atoms with E-state index in [4.69, 9.17) is 0 Å². The first-order chi connectivity index (χ1) is 16.2. The van der Waals surface area contributed by atoms with Gasteiger partial charge in [-0.2, -0.15) is 0 Å². The zero-order valence-corrected chi connectivity index (χ0v) is 21.0. The number of anilines is 2. The highest BCUT2D eigenvalue weighted by atomic mass is 32.2. The Hall–Kier alpha value is -2.65. The Morgan fingerprint density at radius 3 is 2.26 bits per heavy atom. The number of pyridine rings is 1. The average molecular weight is 487 g/mol. The molecule has 184 valence electrons. The maximum Gasteiger partial charge on any atom is 0.339 e. The molecule has 34 heavy (non-hydrogen) atoms. The molecular weight excluding hydrogens is 452 g/mol. The summed E-state index contributed by atoms with van der Waals surface area (Å²) in [5.74, 6) is -0.723. The normalized spacial score (nSPS) is 18.1. The zero-order valence-electron chi connectivity index (χ0n) is 20.2. The first-order valence-corrected chi connectivity index (χ1v) is 13.5. The third-order valence-electron chi connectivity index (χ3n) is 7.10. The summed E-state index contributed by atoms with van der Waals surface area (Å²) in [7, 11) is -3.89. The first-order valence-electron chi connectivity index (χ1n) is 12.0. The van der Waals surface area contributed by atoms with E-state index in [1.54, 1.807) is 13.0 Å². The molecule has 2 aliphatic rings. The molecule has 0 spiro atoms. The fraction of sp³-hybridized carbons (Fsp3) is 0.520. The van der Waals surface area contributed by atoms with Gasteiger partial charge in [0.25, 0.3) is 10.0 Å². The quantitative estimate of drug-likeness (QED) is 0.637. The fourth-order valence-corrected chi connectivity index (χ4v) is 6.43. The Morgan fingerprint density at radius 2 is 1.62 bits per heavy atom. The van der Waals surface area contributed by atoms with Gasteiger partial charge in [0.2, 0.25) is 0 Å². The van der Waals surface area contributed by atoms with Gasteiger partial charge in [0, 0.05) is 19.1 Å². The van der Waals surface area contributed by atoms with Crippen molar-refractivity contribution in [3.05, 3.63) is 46.6 Å². The van der Waals surface area contributed by atoms with Gasteiger partial charge < -0.3 is 14.9 Å². The van der Waals surface area contributed by atoms with E-state index in [1.807, 2.05) is 24.8 Å². The fourth-order valence-electron chi connectivity index (χ4n) is 5.08. The van der Waals surface area contributed by atoms with Gasteiger partial charge in [0.1, 0.15) is 11.4 Å². The van der Waals surface area contributed by atoms with Crippen LogP contribution in [-0.4, -0.2) is 61.6 Å². The van der Waals surface area contributed by atoms with E-state index < -0.39 is 16.0 Å². The van der Waals surface area contributed by atoms with E-state index in [0.29, 0.717) is 17.4 Å². The topological polar surface area (TPSA) is 103 Å². The number of nitrogens with zero attached hydrogens (tertiary/aromatic N) is 3. The summed E-state index contributed by atoms with van der Waals surface area (Å²) in [6.45, 7) is 9.32. The van der Waals surface area contributed by atoms with Crippen molar-refractivity contribution in [2.24, 2.45) is 0 Å². The Balaban J connectivity index is 1.52. The Kier molecular flexibility index (Phi) is 7.14. The molecule has 0 bridgehead atoms. The molecule has 0 radical (unpaired) electrons. The number of carboxylic acid groups (broad SMARTS) is 1. The highest BCUT2D eigenvalue weighted by molar-refractivity contribution is 7.92. The van der Waals surface area contributed by atoms with Crippen LogP contribution < -0.4 is 9.62 Å². The van der Waals surface area contributed by atoms with E-state index in [2.05, 4.69) is 14.6 Å². The van der Waals surface area contributed by atoms with Gasteiger partial charge in [-0.15, -0.1) is 0 Å². The van der Waals surface area contributed by atoms with Crippen LogP contribution in [-0.2, 0) is 10.0 Å². The minimum Gasteiger partial charge on any atom is -0.478 e. The number of benzene rings is 1. The molecule has 2 aliphatic heterocycles. The van der Waals surface area contributed by atoms with Gasteiger partial charge in [0.05, 0.1) is 16.8 Å². The third-order valence-corrected chi connectivity index (χ3v) is 8.62. The Bertz CT molecular complexity index is 1170. The second-order valence-electron chi connectivity index (χ2n) is 9.52. The van der Waals surface area contributed by atoms with E-state index in [-0.39, 0.29) is 16.1 Å². The lowest BCUT2D eigenvalue weighted by molar-refractivity contribution is 0.0697. The van der Waals surface area contributed by atoms with E-state index in [0.717, 1.165) is 50.1 Å². The van der Waals surface area contributed by atoms with Gasteiger partial charge in [0.15, 0.2) is 0 Å². The molecule has 0 amide bonds. The summed E-state index contributed by atoms with van der Waals surface area (Å²) in [4.78, 5) is 21.2. The SMILES string of the molecule is Cc1cc(C)c(S(=O)(=O)Nc2cnc(N3CCC(N4CCCCC4)CC3)c(C(=O)O)c2)cc1C. The molecule has 0 aliphatic carbocycles. The maximum absolute atomic E-state index is 13.0. The van der Waals surface area contributed by atoms with E-state index in [9.17, 15) is 18.3 Å². The molecule has 3 heterocycles. The molecule has 2 aromatic rings. The van der Waals surface area contributed by atoms with Crippen molar-refractivity contribution in [3.8, 4) is 0 Å². The number of sulfonamides is 1. The number of nitrogens with one attached hydrogen (secondary N) is 1.